The lowest BCUT2D eigenvalue weighted by Gasteiger charge is -2.08. The summed E-state index contributed by atoms with van der Waals surface area (Å²) in [6.07, 6.45) is 0.1000. The van der Waals surface area contributed by atoms with E-state index in [1.807, 2.05) is 6.92 Å². The number of nitrogens with one attached hydrogen (secondary N) is 3. The molecule has 7 heteroatoms. The monoisotopic (exact) mass is 340 g/mol. The van der Waals surface area contributed by atoms with Crippen molar-refractivity contribution in [1.82, 2.24) is 4.98 Å². The van der Waals surface area contributed by atoms with Crippen LogP contribution in [0, 0.1) is 12.7 Å². The third-order valence-corrected chi connectivity index (χ3v) is 3.83. The van der Waals surface area contributed by atoms with Crippen molar-refractivity contribution >= 4 is 34.2 Å². The number of halogens is 1. The molecule has 25 heavy (non-hydrogen) atoms. The van der Waals surface area contributed by atoms with Crippen molar-refractivity contribution in [1.29, 1.82) is 0 Å². The number of H-pyrrole nitrogens is 1. The number of primary amides is 1. The molecule has 5 N–H and O–H groups in total. The summed E-state index contributed by atoms with van der Waals surface area (Å²) in [7, 11) is 0. The fraction of sp³-hybridized carbons (Fsp3) is 0.111. The van der Waals surface area contributed by atoms with Gasteiger partial charge in [-0.15, -0.1) is 0 Å². The van der Waals surface area contributed by atoms with E-state index in [1.54, 1.807) is 30.3 Å². The predicted octanol–water partition coefficient (Wildman–Crippen LogP) is 3.29. The van der Waals surface area contributed by atoms with Crippen molar-refractivity contribution in [2.75, 3.05) is 10.6 Å². The third-order valence-electron chi connectivity index (χ3n) is 3.83. The van der Waals surface area contributed by atoms with E-state index < -0.39 is 6.03 Å². The summed E-state index contributed by atoms with van der Waals surface area (Å²) >= 11 is 0. The molecule has 0 unspecified atom stereocenters. The van der Waals surface area contributed by atoms with Gasteiger partial charge in [-0.3, -0.25) is 4.79 Å². The molecule has 3 amide bonds. The second-order valence-corrected chi connectivity index (χ2v) is 5.71. The highest BCUT2D eigenvalue weighted by molar-refractivity contribution is 5.97. The van der Waals surface area contributed by atoms with Crippen LogP contribution in [-0.2, 0) is 11.2 Å². The molecule has 0 radical (unpaired) electrons. The Bertz CT molecular complexity index is 965. The van der Waals surface area contributed by atoms with E-state index in [2.05, 4.69) is 15.6 Å². The number of rotatable bonds is 4. The zero-order chi connectivity index (χ0) is 18.0. The van der Waals surface area contributed by atoms with Gasteiger partial charge in [0.15, 0.2) is 0 Å². The smallest absolute Gasteiger partial charge is 0.316 e. The number of aromatic amines is 1. The molecule has 1 aromatic heterocycles. The minimum Gasteiger partial charge on any atom is -0.358 e. The van der Waals surface area contributed by atoms with E-state index in [1.165, 1.54) is 12.1 Å². The summed E-state index contributed by atoms with van der Waals surface area (Å²) in [5, 5.41) is 5.90. The van der Waals surface area contributed by atoms with Crippen LogP contribution in [0.15, 0.2) is 42.5 Å². The van der Waals surface area contributed by atoms with Crippen LogP contribution in [0.25, 0.3) is 10.9 Å². The maximum absolute atomic E-state index is 13.5. The van der Waals surface area contributed by atoms with Gasteiger partial charge in [-0.25, -0.2) is 9.18 Å². The molecule has 0 atom stereocenters. The summed E-state index contributed by atoms with van der Waals surface area (Å²) in [4.78, 5) is 26.4. The molecule has 3 aromatic rings. The maximum atomic E-state index is 13.5. The molecule has 0 aliphatic heterocycles. The van der Waals surface area contributed by atoms with Crippen LogP contribution in [0.1, 0.15) is 11.3 Å². The Morgan fingerprint density at radius 1 is 1.12 bits per heavy atom. The minimum absolute atomic E-state index is 0.1000. The number of nitrogens with two attached hydrogens (primary N) is 1. The highest BCUT2D eigenvalue weighted by Gasteiger charge is 2.13. The average molecular weight is 340 g/mol. The summed E-state index contributed by atoms with van der Waals surface area (Å²) in [5.41, 5.74) is 8.44. The Labute approximate surface area is 143 Å². The molecule has 1 heterocycles. The number of amides is 3. The van der Waals surface area contributed by atoms with Gasteiger partial charge in [-0.05, 0) is 48.9 Å². The summed E-state index contributed by atoms with van der Waals surface area (Å²) in [6, 6.07) is 10.4. The van der Waals surface area contributed by atoms with Crippen LogP contribution in [0.4, 0.5) is 20.6 Å². The zero-order valence-corrected chi connectivity index (χ0v) is 13.5. The van der Waals surface area contributed by atoms with Crippen LogP contribution in [0.3, 0.4) is 0 Å². The van der Waals surface area contributed by atoms with E-state index in [0.717, 1.165) is 16.8 Å². The molecule has 3 rings (SSSR count). The molecular weight excluding hydrogens is 323 g/mol. The lowest BCUT2D eigenvalue weighted by molar-refractivity contribution is -0.115. The van der Waals surface area contributed by atoms with Gasteiger partial charge in [0.2, 0.25) is 5.91 Å². The molecule has 0 fully saturated rings. The summed E-state index contributed by atoms with van der Waals surface area (Å²) in [6.45, 7) is 1.85. The average Bonchev–Trinajstić information content (AvgIpc) is 2.82. The predicted molar refractivity (Wildman–Crippen MR) is 95.0 cm³/mol. The summed E-state index contributed by atoms with van der Waals surface area (Å²) in [5.74, 6) is -0.595. The second kappa shape index (κ2) is 6.64. The number of benzene rings is 2. The van der Waals surface area contributed by atoms with Crippen molar-refractivity contribution in [2.24, 2.45) is 5.73 Å². The number of urea groups is 1. The molecule has 2 aromatic carbocycles. The van der Waals surface area contributed by atoms with Gasteiger partial charge < -0.3 is 21.4 Å². The van der Waals surface area contributed by atoms with Crippen LogP contribution < -0.4 is 16.4 Å². The molecule has 0 spiro atoms. The topological polar surface area (TPSA) is 100 Å². The Hall–Kier alpha value is -3.35. The maximum Gasteiger partial charge on any atom is 0.316 e. The molecule has 128 valence electrons. The van der Waals surface area contributed by atoms with Crippen molar-refractivity contribution in [2.45, 2.75) is 13.3 Å². The van der Waals surface area contributed by atoms with Crippen LogP contribution in [0.2, 0.25) is 0 Å². The van der Waals surface area contributed by atoms with Gasteiger partial charge in [-0.2, -0.15) is 0 Å². The first-order valence-corrected chi connectivity index (χ1v) is 7.65. The zero-order valence-electron chi connectivity index (χ0n) is 13.5. The van der Waals surface area contributed by atoms with Gasteiger partial charge >= 0.3 is 6.03 Å². The van der Waals surface area contributed by atoms with Gasteiger partial charge in [0.05, 0.1) is 6.42 Å². The molecule has 0 saturated heterocycles. The highest BCUT2D eigenvalue weighted by Crippen LogP contribution is 2.24. The SMILES string of the molecule is Cc1[nH]c2ccc(F)cc2c1CC(=O)Nc1cccc(NC(N)=O)c1. The lowest BCUT2D eigenvalue weighted by Crippen LogP contribution is -2.19. The van der Waals surface area contributed by atoms with E-state index in [0.29, 0.717) is 16.8 Å². The van der Waals surface area contributed by atoms with Crippen molar-refractivity contribution in [3.63, 3.8) is 0 Å². The number of anilines is 2. The number of aryl methyl sites for hydroxylation is 1. The van der Waals surface area contributed by atoms with Crippen molar-refractivity contribution in [3.8, 4) is 0 Å². The number of fused-ring (bicyclic) bond motifs is 1. The first-order valence-electron chi connectivity index (χ1n) is 7.65. The van der Waals surface area contributed by atoms with Crippen LogP contribution in [-0.4, -0.2) is 16.9 Å². The Balaban J connectivity index is 1.78. The van der Waals surface area contributed by atoms with E-state index in [9.17, 15) is 14.0 Å². The number of hydrogen-bond donors (Lipinski definition) is 4. The number of carbonyl (C=O) groups is 2. The fourth-order valence-corrected chi connectivity index (χ4v) is 2.77. The largest absolute Gasteiger partial charge is 0.358 e. The standard InChI is InChI=1S/C18H17FN4O2/c1-10-14(15-7-11(19)5-6-16(15)21-10)9-17(24)22-12-3-2-4-13(8-12)23-18(20)25/h2-8,21H,9H2,1H3,(H,22,24)(H3,20,23,25). The number of hydrogen-bond acceptors (Lipinski definition) is 2. The lowest BCUT2D eigenvalue weighted by atomic mass is 10.1. The second-order valence-electron chi connectivity index (χ2n) is 5.71. The molecule has 0 bridgehead atoms. The van der Waals surface area contributed by atoms with E-state index >= 15 is 0 Å². The first-order chi connectivity index (χ1) is 11.9. The van der Waals surface area contributed by atoms with Gasteiger partial charge in [0, 0.05) is 28.0 Å². The molecule has 0 aliphatic rings. The first kappa shape index (κ1) is 16.5. The number of aromatic nitrogens is 1. The minimum atomic E-state index is -0.681. The van der Waals surface area contributed by atoms with Crippen molar-refractivity contribution in [3.05, 3.63) is 59.5 Å². The molecular formula is C18H17FN4O2. The van der Waals surface area contributed by atoms with E-state index in [4.69, 9.17) is 5.73 Å². The molecule has 0 saturated carbocycles. The van der Waals surface area contributed by atoms with Gasteiger partial charge in [0.25, 0.3) is 0 Å². The fourth-order valence-electron chi connectivity index (χ4n) is 2.77. The Kier molecular flexibility index (Phi) is 4.38. The van der Waals surface area contributed by atoms with Gasteiger partial charge in [0.1, 0.15) is 5.82 Å². The summed E-state index contributed by atoms with van der Waals surface area (Å²) < 4.78 is 13.5. The quantitative estimate of drug-likeness (QED) is 0.586. The Morgan fingerprint density at radius 3 is 2.56 bits per heavy atom. The van der Waals surface area contributed by atoms with Crippen molar-refractivity contribution < 1.29 is 14.0 Å². The van der Waals surface area contributed by atoms with E-state index in [-0.39, 0.29) is 18.1 Å². The molecule has 6 nitrogen and oxygen atoms in total. The normalized spacial score (nSPS) is 10.6. The Morgan fingerprint density at radius 2 is 1.84 bits per heavy atom. The highest BCUT2D eigenvalue weighted by atomic mass is 19.1. The van der Waals surface area contributed by atoms with Crippen LogP contribution in [0.5, 0.6) is 0 Å². The van der Waals surface area contributed by atoms with Gasteiger partial charge in [-0.1, -0.05) is 6.07 Å². The third kappa shape index (κ3) is 3.77. The van der Waals surface area contributed by atoms with Crippen LogP contribution >= 0.6 is 0 Å². The number of carbonyl (C=O) groups excluding carboxylic acids is 2. The molecule has 0 aliphatic carbocycles.